The van der Waals surface area contributed by atoms with Crippen molar-refractivity contribution in [2.75, 3.05) is 13.7 Å². The summed E-state index contributed by atoms with van der Waals surface area (Å²) >= 11 is 1.55. The molecule has 0 saturated carbocycles. The standard InChI is InChI=1S/C14H14N2O4S/c1-16(7-10-4-6-21-9-10)12(17)8-20-14(19)11-3-2-5-15-13(11)18/h2-6,9H,7-8H2,1H3,(H,15,18). The monoisotopic (exact) mass is 306 g/mol. The number of hydrogen-bond acceptors (Lipinski definition) is 5. The topological polar surface area (TPSA) is 79.5 Å². The lowest BCUT2D eigenvalue weighted by Crippen LogP contribution is -2.31. The lowest BCUT2D eigenvalue weighted by Gasteiger charge is -2.16. The van der Waals surface area contributed by atoms with Crippen molar-refractivity contribution in [1.82, 2.24) is 9.88 Å². The van der Waals surface area contributed by atoms with Crippen LogP contribution >= 0.6 is 11.3 Å². The van der Waals surface area contributed by atoms with Crippen LogP contribution in [0.15, 0.2) is 40.0 Å². The third-order valence-corrected chi connectivity index (χ3v) is 3.52. The van der Waals surface area contributed by atoms with Gasteiger partial charge in [-0.2, -0.15) is 11.3 Å². The van der Waals surface area contributed by atoms with Crippen LogP contribution in [0, 0.1) is 0 Å². The summed E-state index contributed by atoms with van der Waals surface area (Å²) in [4.78, 5) is 38.8. The molecule has 0 fully saturated rings. The Kier molecular flexibility index (Phi) is 4.89. The van der Waals surface area contributed by atoms with Crippen LogP contribution in [0.3, 0.4) is 0 Å². The molecule has 0 saturated heterocycles. The Hall–Kier alpha value is -2.41. The second-order valence-electron chi connectivity index (χ2n) is 4.37. The summed E-state index contributed by atoms with van der Waals surface area (Å²) in [6, 6.07) is 4.78. The number of hydrogen-bond donors (Lipinski definition) is 1. The average Bonchev–Trinajstić information content (AvgIpc) is 2.97. The Morgan fingerprint density at radius 2 is 2.19 bits per heavy atom. The molecule has 6 nitrogen and oxygen atoms in total. The number of rotatable bonds is 5. The highest BCUT2D eigenvalue weighted by Crippen LogP contribution is 2.08. The molecule has 0 aliphatic heterocycles. The first-order valence-electron chi connectivity index (χ1n) is 6.18. The Bertz CT molecular complexity index is 678. The number of likely N-dealkylation sites (N-methyl/N-ethyl adjacent to an activating group) is 1. The fourth-order valence-electron chi connectivity index (χ4n) is 1.64. The van der Waals surface area contributed by atoms with E-state index in [-0.39, 0.29) is 11.5 Å². The zero-order valence-electron chi connectivity index (χ0n) is 11.4. The number of amides is 1. The highest BCUT2D eigenvalue weighted by Gasteiger charge is 2.15. The van der Waals surface area contributed by atoms with Gasteiger partial charge in [-0.05, 0) is 34.5 Å². The molecule has 1 amide bonds. The molecule has 2 aromatic heterocycles. The maximum absolute atomic E-state index is 11.9. The minimum Gasteiger partial charge on any atom is -0.452 e. The van der Waals surface area contributed by atoms with Crippen molar-refractivity contribution in [3.63, 3.8) is 0 Å². The molecule has 0 unspecified atom stereocenters. The first kappa shape index (κ1) is 15.0. The van der Waals surface area contributed by atoms with Crippen LogP contribution in [0.5, 0.6) is 0 Å². The van der Waals surface area contributed by atoms with Gasteiger partial charge in [-0.1, -0.05) is 0 Å². The highest BCUT2D eigenvalue weighted by molar-refractivity contribution is 7.07. The normalized spacial score (nSPS) is 10.1. The van der Waals surface area contributed by atoms with Crippen molar-refractivity contribution in [2.45, 2.75) is 6.54 Å². The van der Waals surface area contributed by atoms with Gasteiger partial charge in [0.25, 0.3) is 11.5 Å². The molecule has 2 aromatic rings. The zero-order chi connectivity index (χ0) is 15.2. The van der Waals surface area contributed by atoms with E-state index >= 15 is 0 Å². The number of carbonyl (C=O) groups is 2. The van der Waals surface area contributed by atoms with Crippen molar-refractivity contribution >= 4 is 23.2 Å². The van der Waals surface area contributed by atoms with Crippen LogP contribution in [0.4, 0.5) is 0 Å². The molecule has 21 heavy (non-hydrogen) atoms. The largest absolute Gasteiger partial charge is 0.452 e. The highest BCUT2D eigenvalue weighted by atomic mass is 32.1. The smallest absolute Gasteiger partial charge is 0.344 e. The van der Waals surface area contributed by atoms with Crippen LogP contribution in [-0.4, -0.2) is 35.4 Å². The number of nitrogens with zero attached hydrogens (tertiary/aromatic N) is 1. The van der Waals surface area contributed by atoms with E-state index in [9.17, 15) is 14.4 Å². The maximum Gasteiger partial charge on any atom is 0.344 e. The van der Waals surface area contributed by atoms with Crippen molar-refractivity contribution in [3.05, 3.63) is 56.6 Å². The molecule has 2 rings (SSSR count). The van der Waals surface area contributed by atoms with E-state index in [1.54, 1.807) is 18.4 Å². The Morgan fingerprint density at radius 3 is 2.86 bits per heavy atom. The predicted molar refractivity (Wildman–Crippen MR) is 78.1 cm³/mol. The molecular formula is C14H14N2O4S. The number of esters is 1. The van der Waals surface area contributed by atoms with E-state index in [1.165, 1.54) is 23.2 Å². The number of aromatic nitrogens is 1. The fourth-order valence-corrected chi connectivity index (χ4v) is 2.30. The van der Waals surface area contributed by atoms with Crippen LogP contribution in [0.25, 0.3) is 0 Å². The molecule has 0 bridgehead atoms. The number of thiophene rings is 1. The molecule has 0 spiro atoms. The number of ether oxygens (including phenoxy) is 1. The molecule has 0 aliphatic rings. The van der Waals surface area contributed by atoms with Crippen LogP contribution < -0.4 is 5.56 Å². The Morgan fingerprint density at radius 1 is 1.38 bits per heavy atom. The molecule has 0 aliphatic carbocycles. The number of pyridine rings is 1. The summed E-state index contributed by atoms with van der Waals surface area (Å²) in [5.74, 6) is -1.14. The lowest BCUT2D eigenvalue weighted by molar-refractivity contribution is -0.133. The Balaban J connectivity index is 1.87. The first-order valence-corrected chi connectivity index (χ1v) is 7.12. The van der Waals surface area contributed by atoms with Gasteiger partial charge < -0.3 is 14.6 Å². The number of nitrogens with one attached hydrogen (secondary N) is 1. The molecule has 7 heteroatoms. The van der Waals surface area contributed by atoms with Gasteiger partial charge in [0.15, 0.2) is 6.61 Å². The van der Waals surface area contributed by atoms with E-state index in [1.807, 2.05) is 16.8 Å². The lowest BCUT2D eigenvalue weighted by atomic mass is 10.3. The molecule has 1 N–H and O–H groups in total. The summed E-state index contributed by atoms with van der Waals surface area (Å²) in [5.41, 5.74) is 0.356. The van der Waals surface area contributed by atoms with Gasteiger partial charge in [-0.15, -0.1) is 0 Å². The fraction of sp³-hybridized carbons (Fsp3) is 0.214. The van der Waals surface area contributed by atoms with Crippen LogP contribution in [0.1, 0.15) is 15.9 Å². The van der Waals surface area contributed by atoms with Crippen molar-refractivity contribution < 1.29 is 14.3 Å². The molecule has 110 valence electrons. The van der Waals surface area contributed by atoms with Gasteiger partial charge in [-0.3, -0.25) is 9.59 Å². The summed E-state index contributed by atoms with van der Waals surface area (Å²) in [5, 5.41) is 3.87. The second kappa shape index (κ2) is 6.85. The third-order valence-electron chi connectivity index (χ3n) is 2.79. The van der Waals surface area contributed by atoms with E-state index in [0.29, 0.717) is 6.54 Å². The minimum absolute atomic E-state index is 0.120. The number of carbonyl (C=O) groups excluding carboxylic acids is 2. The molecule has 0 radical (unpaired) electrons. The number of aromatic amines is 1. The predicted octanol–water partition coefficient (Wildman–Crippen LogP) is 1.25. The van der Waals surface area contributed by atoms with Crippen LogP contribution in [0.2, 0.25) is 0 Å². The minimum atomic E-state index is -0.811. The quantitative estimate of drug-likeness (QED) is 0.843. The van der Waals surface area contributed by atoms with E-state index in [2.05, 4.69) is 4.98 Å². The second-order valence-corrected chi connectivity index (χ2v) is 5.15. The summed E-state index contributed by atoms with van der Waals surface area (Å²) in [6.07, 6.45) is 1.42. The number of H-pyrrole nitrogens is 1. The molecular weight excluding hydrogens is 292 g/mol. The summed E-state index contributed by atoms with van der Waals surface area (Å²) < 4.78 is 4.86. The van der Waals surface area contributed by atoms with E-state index in [0.717, 1.165) is 5.56 Å². The van der Waals surface area contributed by atoms with Crippen molar-refractivity contribution in [1.29, 1.82) is 0 Å². The molecule has 2 heterocycles. The van der Waals surface area contributed by atoms with Gasteiger partial charge in [-0.25, -0.2) is 4.79 Å². The van der Waals surface area contributed by atoms with Gasteiger partial charge in [0.05, 0.1) is 0 Å². The zero-order valence-corrected chi connectivity index (χ0v) is 12.2. The molecule has 0 aromatic carbocycles. The van der Waals surface area contributed by atoms with Crippen LogP contribution in [-0.2, 0) is 16.1 Å². The van der Waals surface area contributed by atoms with Crippen molar-refractivity contribution in [3.8, 4) is 0 Å². The summed E-state index contributed by atoms with van der Waals surface area (Å²) in [7, 11) is 1.63. The van der Waals surface area contributed by atoms with E-state index < -0.39 is 18.1 Å². The SMILES string of the molecule is CN(Cc1ccsc1)C(=O)COC(=O)c1ccc[nH]c1=O. The third kappa shape index (κ3) is 4.03. The summed E-state index contributed by atoms with van der Waals surface area (Å²) in [6.45, 7) is 0.0552. The average molecular weight is 306 g/mol. The van der Waals surface area contributed by atoms with Gasteiger partial charge in [0.1, 0.15) is 5.56 Å². The molecule has 0 atom stereocenters. The Labute approximate surface area is 125 Å². The van der Waals surface area contributed by atoms with Gasteiger partial charge in [0.2, 0.25) is 0 Å². The maximum atomic E-state index is 11.9. The van der Waals surface area contributed by atoms with Gasteiger partial charge in [0, 0.05) is 19.8 Å². The van der Waals surface area contributed by atoms with E-state index in [4.69, 9.17) is 4.74 Å². The first-order chi connectivity index (χ1) is 10.1. The van der Waals surface area contributed by atoms with Gasteiger partial charge >= 0.3 is 5.97 Å². The van der Waals surface area contributed by atoms with Crippen molar-refractivity contribution in [2.24, 2.45) is 0 Å².